The van der Waals surface area contributed by atoms with E-state index in [-0.39, 0.29) is 0 Å². The van der Waals surface area contributed by atoms with Crippen LogP contribution in [-0.2, 0) is 6.54 Å². The molecule has 0 aliphatic carbocycles. The second-order valence-electron chi connectivity index (χ2n) is 3.54. The van der Waals surface area contributed by atoms with Crippen LogP contribution < -0.4 is 5.73 Å². The summed E-state index contributed by atoms with van der Waals surface area (Å²) in [6.07, 6.45) is 3.47. The average molecular weight is 313 g/mol. The third-order valence-electron chi connectivity index (χ3n) is 2.39. The molecule has 0 saturated heterocycles. The summed E-state index contributed by atoms with van der Waals surface area (Å²) in [5, 5.41) is 0.654. The fourth-order valence-corrected chi connectivity index (χ4v) is 2.17. The van der Waals surface area contributed by atoms with Crippen LogP contribution in [0.25, 0.3) is 11.3 Å². The molecule has 1 aromatic carbocycles. The summed E-state index contributed by atoms with van der Waals surface area (Å²) in [7, 11) is 0. The highest BCUT2D eigenvalue weighted by Crippen LogP contribution is 2.33. The lowest BCUT2D eigenvalue weighted by molar-refractivity contribution is 0.833. The van der Waals surface area contributed by atoms with Crippen molar-refractivity contribution in [3.63, 3.8) is 0 Å². The Morgan fingerprint density at radius 2 is 2.29 bits per heavy atom. The molecule has 2 rings (SSSR count). The third-order valence-corrected chi connectivity index (χ3v) is 3.31. The third kappa shape index (κ3) is 2.37. The van der Waals surface area contributed by atoms with E-state index in [1.165, 1.54) is 0 Å². The van der Waals surface area contributed by atoms with Gasteiger partial charge in [0.25, 0.3) is 0 Å². The molecule has 0 aliphatic heterocycles. The molecule has 1 aromatic heterocycles. The van der Waals surface area contributed by atoms with Crippen LogP contribution >= 0.6 is 27.5 Å². The van der Waals surface area contributed by atoms with Crippen molar-refractivity contribution < 1.29 is 0 Å². The number of hydrogen-bond donors (Lipinski definition) is 1. The lowest BCUT2D eigenvalue weighted by Crippen LogP contribution is -2.00. The van der Waals surface area contributed by atoms with Gasteiger partial charge in [0.05, 0.1) is 6.33 Å². The van der Waals surface area contributed by atoms with Gasteiger partial charge in [-0.2, -0.15) is 0 Å². The first-order chi connectivity index (χ1) is 8.13. The quantitative estimate of drug-likeness (QED) is 0.878. The lowest BCUT2D eigenvalue weighted by atomic mass is 10.1. The highest BCUT2D eigenvalue weighted by atomic mass is 79.9. The van der Waals surface area contributed by atoms with E-state index < -0.39 is 0 Å². The molecule has 0 saturated carbocycles. The molecule has 1 heterocycles. The average Bonchev–Trinajstić information content (AvgIpc) is 2.65. The van der Waals surface area contributed by atoms with Gasteiger partial charge >= 0.3 is 0 Å². The Kier molecular flexibility index (Phi) is 3.54. The largest absolute Gasteiger partial charge is 0.383 e. The van der Waals surface area contributed by atoms with Gasteiger partial charge in [-0.05, 0) is 18.2 Å². The number of nitrogen functional groups attached to an aromatic ring is 1. The van der Waals surface area contributed by atoms with Crippen LogP contribution in [0.4, 0.5) is 5.82 Å². The number of benzene rings is 1. The minimum absolute atomic E-state index is 0.605. The number of anilines is 1. The molecule has 2 aromatic rings. The van der Waals surface area contributed by atoms with Crippen molar-refractivity contribution in [2.75, 3.05) is 5.73 Å². The highest BCUT2D eigenvalue weighted by molar-refractivity contribution is 9.10. The zero-order valence-electron chi connectivity index (χ0n) is 9.03. The Labute approximate surface area is 113 Å². The second kappa shape index (κ2) is 4.94. The Hall–Kier alpha value is -1.26. The van der Waals surface area contributed by atoms with E-state index in [0.29, 0.717) is 17.4 Å². The van der Waals surface area contributed by atoms with Crippen molar-refractivity contribution in [2.45, 2.75) is 6.54 Å². The molecule has 0 spiro atoms. The second-order valence-corrected chi connectivity index (χ2v) is 4.83. The normalized spacial score (nSPS) is 10.5. The van der Waals surface area contributed by atoms with Gasteiger partial charge in [0.2, 0.25) is 0 Å². The molecular formula is C12H11BrClN3. The van der Waals surface area contributed by atoms with E-state index in [0.717, 1.165) is 15.7 Å². The first-order valence-electron chi connectivity index (χ1n) is 5.00. The summed E-state index contributed by atoms with van der Waals surface area (Å²) in [5.74, 6) is 0.605. The fourth-order valence-electron chi connectivity index (χ4n) is 1.56. The number of hydrogen-bond acceptors (Lipinski definition) is 2. The first-order valence-corrected chi connectivity index (χ1v) is 6.17. The van der Waals surface area contributed by atoms with Crippen LogP contribution in [0.3, 0.4) is 0 Å². The Morgan fingerprint density at radius 1 is 1.53 bits per heavy atom. The van der Waals surface area contributed by atoms with E-state index in [1.807, 2.05) is 22.8 Å². The molecule has 5 heteroatoms. The van der Waals surface area contributed by atoms with E-state index in [9.17, 15) is 0 Å². The molecule has 0 bridgehead atoms. The standard InChI is InChI=1S/C12H11BrClN3/c1-2-5-17-7-16-11(12(17)15)9-6-8(14)3-4-10(9)13/h2-4,6-7H,1,5,15H2. The first kappa shape index (κ1) is 12.2. The number of allylic oxidation sites excluding steroid dienone is 1. The summed E-state index contributed by atoms with van der Waals surface area (Å²) in [5.41, 5.74) is 7.64. The number of aromatic nitrogens is 2. The van der Waals surface area contributed by atoms with Crippen molar-refractivity contribution in [1.29, 1.82) is 0 Å². The lowest BCUT2D eigenvalue weighted by Gasteiger charge is -2.05. The molecule has 88 valence electrons. The van der Waals surface area contributed by atoms with Crippen molar-refractivity contribution >= 4 is 33.3 Å². The van der Waals surface area contributed by atoms with Gasteiger partial charge in [0.15, 0.2) is 0 Å². The smallest absolute Gasteiger partial charge is 0.131 e. The summed E-state index contributed by atoms with van der Waals surface area (Å²) in [6, 6.07) is 5.53. The SMILES string of the molecule is C=CCn1cnc(-c2cc(Cl)ccc2Br)c1N. The van der Waals surface area contributed by atoms with Gasteiger partial charge in [-0.15, -0.1) is 6.58 Å². The maximum Gasteiger partial charge on any atom is 0.131 e. The van der Waals surface area contributed by atoms with Crippen molar-refractivity contribution in [2.24, 2.45) is 0 Å². The Bertz CT molecular complexity index is 563. The number of rotatable bonds is 3. The number of nitrogens with two attached hydrogens (primary N) is 1. The van der Waals surface area contributed by atoms with E-state index in [4.69, 9.17) is 17.3 Å². The molecule has 0 unspecified atom stereocenters. The Morgan fingerprint density at radius 3 is 3.00 bits per heavy atom. The predicted octanol–water partition coefficient (Wildman–Crippen LogP) is 3.73. The molecular weight excluding hydrogens is 302 g/mol. The molecule has 0 aliphatic rings. The van der Waals surface area contributed by atoms with E-state index >= 15 is 0 Å². The van der Waals surface area contributed by atoms with E-state index in [1.54, 1.807) is 12.4 Å². The topological polar surface area (TPSA) is 43.8 Å². The molecule has 0 radical (unpaired) electrons. The van der Waals surface area contributed by atoms with Gasteiger partial charge < -0.3 is 10.3 Å². The van der Waals surface area contributed by atoms with Crippen LogP contribution in [0.15, 0.2) is 41.7 Å². The van der Waals surface area contributed by atoms with Crippen LogP contribution in [-0.4, -0.2) is 9.55 Å². The maximum atomic E-state index is 6.03. The molecule has 0 amide bonds. The summed E-state index contributed by atoms with van der Waals surface area (Å²) < 4.78 is 2.74. The van der Waals surface area contributed by atoms with Crippen LogP contribution in [0, 0.1) is 0 Å². The predicted molar refractivity (Wildman–Crippen MR) is 75.0 cm³/mol. The molecule has 2 N–H and O–H groups in total. The molecule has 3 nitrogen and oxygen atoms in total. The van der Waals surface area contributed by atoms with Crippen LogP contribution in [0.2, 0.25) is 5.02 Å². The van der Waals surface area contributed by atoms with Gasteiger partial charge in [0, 0.05) is 21.6 Å². The zero-order valence-corrected chi connectivity index (χ0v) is 11.4. The van der Waals surface area contributed by atoms with Gasteiger partial charge in [-0.1, -0.05) is 33.6 Å². The minimum atomic E-state index is 0.605. The highest BCUT2D eigenvalue weighted by Gasteiger charge is 2.12. The minimum Gasteiger partial charge on any atom is -0.383 e. The fraction of sp³-hybridized carbons (Fsp3) is 0.0833. The van der Waals surface area contributed by atoms with E-state index in [2.05, 4.69) is 27.5 Å². The monoisotopic (exact) mass is 311 g/mol. The number of nitrogens with zero attached hydrogens (tertiary/aromatic N) is 2. The van der Waals surface area contributed by atoms with Crippen molar-refractivity contribution in [1.82, 2.24) is 9.55 Å². The summed E-state index contributed by atoms with van der Waals surface area (Å²) in [4.78, 5) is 4.31. The number of imidazole rings is 1. The van der Waals surface area contributed by atoms with Crippen LogP contribution in [0.1, 0.15) is 0 Å². The molecule has 17 heavy (non-hydrogen) atoms. The summed E-state index contributed by atoms with van der Waals surface area (Å²) >= 11 is 9.44. The van der Waals surface area contributed by atoms with Gasteiger partial charge in [0.1, 0.15) is 11.5 Å². The van der Waals surface area contributed by atoms with Gasteiger partial charge in [-0.3, -0.25) is 0 Å². The Balaban J connectivity index is 2.53. The van der Waals surface area contributed by atoms with Crippen LogP contribution in [0.5, 0.6) is 0 Å². The zero-order chi connectivity index (χ0) is 12.4. The maximum absolute atomic E-state index is 6.03. The molecule has 0 fully saturated rings. The number of halogens is 2. The van der Waals surface area contributed by atoms with Crippen molar-refractivity contribution in [3.05, 3.63) is 46.7 Å². The van der Waals surface area contributed by atoms with Crippen molar-refractivity contribution in [3.8, 4) is 11.3 Å². The van der Waals surface area contributed by atoms with Gasteiger partial charge in [-0.25, -0.2) is 4.98 Å². The summed E-state index contributed by atoms with van der Waals surface area (Å²) in [6.45, 7) is 4.31. The molecule has 0 atom stereocenters.